The molecule has 2 N–H and O–H groups in total. The molecule has 0 unspecified atom stereocenters. The van der Waals surface area contributed by atoms with Gasteiger partial charge in [0.2, 0.25) is 0 Å². The first kappa shape index (κ1) is 16.7. The molecule has 4 nitrogen and oxygen atoms in total. The predicted molar refractivity (Wildman–Crippen MR) is 98.9 cm³/mol. The second-order valence-corrected chi connectivity index (χ2v) is 7.27. The molecule has 0 amide bonds. The normalized spacial score (nSPS) is 10.5. The topological polar surface area (TPSA) is 66.4 Å². The summed E-state index contributed by atoms with van der Waals surface area (Å²) in [5, 5.41) is 14.5. The minimum absolute atomic E-state index is 0.00846. The molecule has 0 radical (unpaired) electrons. The lowest BCUT2D eigenvalue weighted by molar-refractivity contribution is 0.0702. The Morgan fingerprint density at radius 3 is 2.50 bits per heavy atom. The SMILES string of the molecule is O=C(CNc1cc(-c2ccccc2)sc1C(=O)O)c1sccc1Cl. The van der Waals surface area contributed by atoms with E-state index in [1.807, 2.05) is 30.3 Å². The van der Waals surface area contributed by atoms with Crippen LogP contribution >= 0.6 is 34.3 Å². The van der Waals surface area contributed by atoms with Crippen LogP contribution in [-0.4, -0.2) is 23.4 Å². The summed E-state index contributed by atoms with van der Waals surface area (Å²) in [7, 11) is 0. The summed E-state index contributed by atoms with van der Waals surface area (Å²) in [6, 6.07) is 12.9. The third kappa shape index (κ3) is 3.51. The van der Waals surface area contributed by atoms with Gasteiger partial charge in [-0.1, -0.05) is 41.9 Å². The fourth-order valence-electron chi connectivity index (χ4n) is 2.17. The molecule has 24 heavy (non-hydrogen) atoms. The van der Waals surface area contributed by atoms with Crippen LogP contribution in [-0.2, 0) is 0 Å². The van der Waals surface area contributed by atoms with Gasteiger partial charge in [-0.3, -0.25) is 4.79 Å². The van der Waals surface area contributed by atoms with Gasteiger partial charge in [-0.2, -0.15) is 0 Å². The lowest BCUT2D eigenvalue weighted by Gasteiger charge is -2.04. The molecular weight excluding hydrogens is 366 g/mol. The first-order chi connectivity index (χ1) is 11.6. The Hall–Kier alpha value is -2.15. The lowest BCUT2D eigenvalue weighted by Crippen LogP contribution is -2.14. The van der Waals surface area contributed by atoms with Crippen LogP contribution in [0.1, 0.15) is 19.3 Å². The average molecular weight is 378 g/mol. The van der Waals surface area contributed by atoms with E-state index in [0.29, 0.717) is 15.6 Å². The Morgan fingerprint density at radius 1 is 1.12 bits per heavy atom. The molecule has 0 spiro atoms. The van der Waals surface area contributed by atoms with Gasteiger partial charge in [-0.05, 0) is 23.1 Å². The quantitative estimate of drug-likeness (QED) is 0.585. The fraction of sp³-hybridized carbons (Fsp3) is 0.0588. The number of benzene rings is 1. The maximum atomic E-state index is 12.2. The summed E-state index contributed by atoms with van der Waals surface area (Å²) in [6.07, 6.45) is 0. The summed E-state index contributed by atoms with van der Waals surface area (Å²) >= 11 is 8.40. The summed E-state index contributed by atoms with van der Waals surface area (Å²) in [4.78, 5) is 25.1. The number of thiophene rings is 2. The second-order valence-electron chi connectivity index (χ2n) is 4.90. The molecule has 122 valence electrons. The number of nitrogens with one attached hydrogen (secondary N) is 1. The largest absolute Gasteiger partial charge is 0.477 e. The van der Waals surface area contributed by atoms with Crippen LogP contribution in [0.5, 0.6) is 0 Å². The van der Waals surface area contributed by atoms with Gasteiger partial charge in [0.05, 0.1) is 22.1 Å². The van der Waals surface area contributed by atoms with E-state index in [4.69, 9.17) is 11.6 Å². The Balaban J connectivity index is 1.82. The number of carboxylic acids is 1. The molecule has 0 aliphatic carbocycles. The third-order valence-electron chi connectivity index (χ3n) is 3.29. The summed E-state index contributed by atoms with van der Waals surface area (Å²) < 4.78 is 0. The molecule has 7 heteroatoms. The zero-order chi connectivity index (χ0) is 17.1. The Bertz CT molecular complexity index is 886. The number of carboxylic acid groups (broad SMARTS) is 1. The molecule has 0 aliphatic rings. The highest BCUT2D eigenvalue weighted by molar-refractivity contribution is 7.18. The molecule has 0 aliphatic heterocycles. The van der Waals surface area contributed by atoms with E-state index in [-0.39, 0.29) is 17.2 Å². The number of carbonyl (C=O) groups excluding carboxylic acids is 1. The van der Waals surface area contributed by atoms with Gasteiger partial charge in [0.1, 0.15) is 4.88 Å². The van der Waals surface area contributed by atoms with Crippen LogP contribution in [0.15, 0.2) is 47.8 Å². The number of aromatic carboxylic acids is 1. The van der Waals surface area contributed by atoms with Crippen molar-refractivity contribution in [2.75, 3.05) is 11.9 Å². The van der Waals surface area contributed by atoms with E-state index in [9.17, 15) is 14.7 Å². The minimum atomic E-state index is -1.02. The Morgan fingerprint density at radius 2 is 1.88 bits per heavy atom. The molecule has 2 aromatic heterocycles. The molecule has 0 saturated heterocycles. The molecule has 0 atom stereocenters. The predicted octanol–water partition coefficient (Wildman–Crippen LogP) is 5.12. The van der Waals surface area contributed by atoms with Crippen LogP contribution in [0.2, 0.25) is 5.02 Å². The van der Waals surface area contributed by atoms with Crippen molar-refractivity contribution in [2.24, 2.45) is 0 Å². The maximum absolute atomic E-state index is 12.2. The maximum Gasteiger partial charge on any atom is 0.348 e. The van der Waals surface area contributed by atoms with Crippen molar-refractivity contribution >= 4 is 51.7 Å². The highest BCUT2D eigenvalue weighted by atomic mass is 35.5. The average Bonchev–Trinajstić information content (AvgIpc) is 3.20. The van der Waals surface area contributed by atoms with Crippen molar-refractivity contribution in [3.63, 3.8) is 0 Å². The number of halogens is 1. The Labute approximate surface area is 151 Å². The molecular formula is C17H12ClNO3S2. The van der Waals surface area contributed by atoms with Crippen molar-refractivity contribution in [2.45, 2.75) is 0 Å². The second kappa shape index (κ2) is 7.17. The standard InChI is InChI=1S/C17H12ClNO3S2/c18-11-6-7-23-15(11)13(20)9-19-12-8-14(24-16(12)17(21)22)10-4-2-1-3-5-10/h1-8,19H,9H2,(H,21,22). The van der Waals surface area contributed by atoms with Crippen molar-refractivity contribution in [1.29, 1.82) is 0 Å². The summed E-state index contributed by atoms with van der Waals surface area (Å²) in [5.41, 5.74) is 1.37. The van der Waals surface area contributed by atoms with Crippen LogP contribution in [0.4, 0.5) is 5.69 Å². The van der Waals surface area contributed by atoms with Gasteiger partial charge >= 0.3 is 5.97 Å². The first-order valence-corrected chi connectivity index (χ1v) is 9.06. The highest BCUT2D eigenvalue weighted by Crippen LogP contribution is 2.35. The number of carbonyl (C=O) groups is 2. The molecule has 3 aromatic rings. The smallest absolute Gasteiger partial charge is 0.348 e. The monoisotopic (exact) mass is 377 g/mol. The molecule has 2 heterocycles. The minimum Gasteiger partial charge on any atom is -0.477 e. The third-order valence-corrected chi connectivity index (χ3v) is 5.85. The van der Waals surface area contributed by atoms with Gasteiger partial charge in [0.25, 0.3) is 0 Å². The zero-order valence-electron chi connectivity index (χ0n) is 12.3. The first-order valence-electron chi connectivity index (χ1n) is 6.99. The van der Waals surface area contributed by atoms with Crippen LogP contribution < -0.4 is 5.32 Å². The summed E-state index contributed by atoms with van der Waals surface area (Å²) in [5.74, 6) is -1.19. The number of hydrogen-bond donors (Lipinski definition) is 2. The Kier molecular flexibility index (Phi) is 4.99. The van der Waals surface area contributed by atoms with Crippen LogP contribution in [0.25, 0.3) is 10.4 Å². The fourth-order valence-corrected chi connectivity index (χ4v) is 4.25. The van der Waals surface area contributed by atoms with E-state index >= 15 is 0 Å². The number of Topliss-reactive ketones (excluding diaryl/α,β-unsaturated/α-hetero) is 1. The summed E-state index contributed by atoms with van der Waals surface area (Å²) in [6.45, 7) is -0.00846. The molecule has 3 rings (SSSR count). The van der Waals surface area contributed by atoms with Crippen LogP contribution in [0, 0.1) is 0 Å². The van der Waals surface area contributed by atoms with Crippen LogP contribution in [0.3, 0.4) is 0 Å². The molecule has 0 bridgehead atoms. The zero-order valence-corrected chi connectivity index (χ0v) is 14.7. The van der Waals surface area contributed by atoms with Crippen molar-refractivity contribution in [1.82, 2.24) is 0 Å². The molecule has 0 fully saturated rings. The van der Waals surface area contributed by atoms with Crippen molar-refractivity contribution in [3.05, 3.63) is 62.6 Å². The van der Waals surface area contributed by atoms with Crippen molar-refractivity contribution < 1.29 is 14.7 Å². The van der Waals surface area contributed by atoms with E-state index in [1.54, 1.807) is 17.5 Å². The highest BCUT2D eigenvalue weighted by Gasteiger charge is 2.18. The molecule has 1 aromatic carbocycles. The van der Waals surface area contributed by atoms with Gasteiger partial charge in [0.15, 0.2) is 5.78 Å². The molecule has 0 saturated carbocycles. The number of hydrogen-bond acceptors (Lipinski definition) is 5. The van der Waals surface area contributed by atoms with E-state index in [0.717, 1.165) is 10.4 Å². The van der Waals surface area contributed by atoms with Gasteiger partial charge in [-0.15, -0.1) is 22.7 Å². The van der Waals surface area contributed by atoms with E-state index < -0.39 is 5.97 Å². The van der Waals surface area contributed by atoms with Gasteiger partial charge in [-0.25, -0.2) is 4.79 Å². The van der Waals surface area contributed by atoms with E-state index in [2.05, 4.69) is 5.32 Å². The van der Waals surface area contributed by atoms with Crippen molar-refractivity contribution in [3.8, 4) is 10.4 Å². The van der Waals surface area contributed by atoms with E-state index in [1.165, 1.54) is 22.7 Å². The number of ketones is 1. The number of rotatable bonds is 6. The lowest BCUT2D eigenvalue weighted by atomic mass is 10.2. The van der Waals surface area contributed by atoms with Gasteiger partial charge < -0.3 is 10.4 Å². The number of anilines is 1. The van der Waals surface area contributed by atoms with Gasteiger partial charge in [0, 0.05) is 4.88 Å².